The van der Waals surface area contributed by atoms with Crippen LogP contribution in [0.2, 0.25) is 5.02 Å². The molecule has 0 unspecified atom stereocenters. The number of carbonyl (C=O) groups excluding carboxylic acids is 1. The molecule has 3 aromatic carbocycles. The number of anilines is 1. The number of amides is 1. The number of hydrogen-bond acceptors (Lipinski definition) is 3. The molecule has 0 bridgehead atoms. The van der Waals surface area contributed by atoms with Crippen LogP contribution in [0.5, 0.6) is 0 Å². The molecule has 152 valence electrons. The van der Waals surface area contributed by atoms with Gasteiger partial charge in [-0.05, 0) is 61.8 Å². The molecule has 0 atom stereocenters. The molecule has 5 rings (SSSR count). The van der Waals surface area contributed by atoms with Crippen molar-refractivity contribution in [3.63, 3.8) is 0 Å². The molecule has 0 aliphatic carbocycles. The highest BCUT2D eigenvalue weighted by Crippen LogP contribution is 2.31. The molecule has 1 aromatic heterocycles. The second-order valence-corrected chi connectivity index (χ2v) is 8.41. The van der Waals surface area contributed by atoms with E-state index in [4.69, 9.17) is 16.0 Å². The first-order chi connectivity index (χ1) is 14.7. The van der Waals surface area contributed by atoms with Gasteiger partial charge in [0.2, 0.25) is 5.91 Å². The molecule has 0 radical (unpaired) electrons. The Bertz CT molecular complexity index is 1190. The van der Waals surface area contributed by atoms with E-state index in [-0.39, 0.29) is 11.8 Å². The van der Waals surface area contributed by atoms with Crippen molar-refractivity contribution in [2.45, 2.75) is 19.4 Å². The lowest BCUT2D eigenvalue weighted by molar-refractivity contribution is -0.121. The van der Waals surface area contributed by atoms with Crippen LogP contribution >= 0.6 is 11.6 Å². The van der Waals surface area contributed by atoms with Crippen molar-refractivity contribution in [3.05, 3.63) is 77.3 Å². The SMILES string of the molecule is O=C(Nc1ccc2c(c1)oc1ccccc12)C1CCN(Cc2ccc(Cl)cc2)CC1. The van der Waals surface area contributed by atoms with Crippen molar-refractivity contribution < 1.29 is 9.21 Å². The summed E-state index contributed by atoms with van der Waals surface area (Å²) in [6.07, 6.45) is 1.73. The number of para-hydroxylation sites is 1. The molecule has 1 saturated heterocycles. The number of hydrogen-bond donors (Lipinski definition) is 1. The molecule has 2 heterocycles. The zero-order valence-corrected chi connectivity index (χ0v) is 17.4. The molecule has 5 heteroatoms. The van der Waals surface area contributed by atoms with Gasteiger partial charge in [-0.1, -0.05) is 41.9 Å². The Morgan fingerprint density at radius 1 is 0.967 bits per heavy atom. The highest BCUT2D eigenvalue weighted by molar-refractivity contribution is 6.30. The van der Waals surface area contributed by atoms with Gasteiger partial charge < -0.3 is 9.73 Å². The van der Waals surface area contributed by atoms with E-state index in [0.717, 1.165) is 65.1 Å². The molecule has 1 N–H and O–H groups in total. The Kier molecular flexibility index (Phi) is 5.19. The summed E-state index contributed by atoms with van der Waals surface area (Å²) in [6, 6.07) is 21.9. The Morgan fingerprint density at radius 2 is 1.70 bits per heavy atom. The summed E-state index contributed by atoms with van der Waals surface area (Å²) in [5.74, 6) is 0.134. The number of halogens is 1. The zero-order chi connectivity index (χ0) is 20.5. The summed E-state index contributed by atoms with van der Waals surface area (Å²) in [7, 11) is 0. The summed E-state index contributed by atoms with van der Waals surface area (Å²) in [5.41, 5.74) is 3.70. The van der Waals surface area contributed by atoms with Gasteiger partial charge in [0.05, 0.1) is 0 Å². The van der Waals surface area contributed by atoms with Crippen LogP contribution in [0.4, 0.5) is 5.69 Å². The minimum Gasteiger partial charge on any atom is -0.456 e. The van der Waals surface area contributed by atoms with E-state index >= 15 is 0 Å². The zero-order valence-electron chi connectivity index (χ0n) is 16.6. The summed E-state index contributed by atoms with van der Waals surface area (Å²) in [6.45, 7) is 2.74. The van der Waals surface area contributed by atoms with E-state index in [1.165, 1.54) is 5.56 Å². The van der Waals surface area contributed by atoms with Crippen LogP contribution < -0.4 is 5.32 Å². The largest absolute Gasteiger partial charge is 0.456 e. The number of fused-ring (bicyclic) bond motifs is 3. The molecule has 30 heavy (non-hydrogen) atoms. The maximum Gasteiger partial charge on any atom is 0.227 e. The molecule has 1 aliphatic rings. The number of nitrogens with zero attached hydrogens (tertiary/aromatic N) is 1. The van der Waals surface area contributed by atoms with Crippen LogP contribution in [0.25, 0.3) is 21.9 Å². The van der Waals surface area contributed by atoms with Crippen LogP contribution in [0, 0.1) is 5.92 Å². The number of rotatable bonds is 4. The third-order valence-electron chi connectivity index (χ3n) is 5.92. The van der Waals surface area contributed by atoms with Crippen LogP contribution in [0.3, 0.4) is 0 Å². The van der Waals surface area contributed by atoms with Crippen LogP contribution in [0.1, 0.15) is 18.4 Å². The molecule has 4 aromatic rings. The van der Waals surface area contributed by atoms with Gasteiger partial charge in [-0.2, -0.15) is 0 Å². The van der Waals surface area contributed by atoms with Crippen molar-refractivity contribution in [2.24, 2.45) is 5.92 Å². The summed E-state index contributed by atoms with van der Waals surface area (Å²) < 4.78 is 5.93. The van der Waals surface area contributed by atoms with Crippen molar-refractivity contribution in [3.8, 4) is 0 Å². The van der Waals surface area contributed by atoms with E-state index < -0.39 is 0 Å². The first kappa shape index (κ1) is 19.2. The molecule has 1 aliphatic heterocycles. The molecule has 0 saturated carbocycles. The van der Waals surface area contributed by atoms with Gasteiger partial charge in [0, 0.05) is 40.0 Å². The number of benzene rings is 3. The monoisotopic (exact) mass is 418 g/mol. The predicted molar refractivity (Wildman–Crippen MR) is 122 cm³/mol. The van der Waals surface area contributed by atoms with E-state index in [2.05, 4.69) is 28.4 Å². The van der Waals surface area contributed by atoms with Gasteiger partial charge in [-0.15, -0.1) is 0 Å². The van der Waals surface area contributed by atoms with Crippen molar-refractivity contribution in [2.75, 3.05) is 18.4 Å². The standard InChI is InChI=1S/C25H23ClN2O2/c26-19-7-5-17(6-8-19)16-28-13-11-18(12-14-28)25(29)27-20-9-10-22-21-3-1-2-4-23(21)30-24(22)15-20/h1-10,15,18H,11-14,16H2,(H,27,29). The first-order valence-corrected chi connectivity index (χ1v) is 10.7. The van der Waals surface area contributed by atoms with E-state index in [0.29, 0.717) is 0 Å². The number of piperidine rings is 1. The fraction of sp³-hybridized carbons (Fsp3) is 0.240. The summed E-state index contributed by atoms with van der Waals surface area (Å²) in [5, 5.41) is 6.01. The van der Waals surface area contributed by atoms with E-state index in [9.17, 15) is 4.79 Å². The summed E-state index contributed by atoms with van der Waals surface area (Å²) in [4.78, 5) is 15.2. The van der Waals surface area contributed by atoms with Crippen LogP contribution in [-0.2, 0) is 11.3 Å². The van der Waals surface area contributed by atoms with Crippen molar-refractivity contribution in [1.82, 2.24) is 4.90 Å². The molecule has 0 spiro atoms. The van der Waals surface area contributed by atoms with Gasteiger partial charge in [-0.3, -0.25) is 9.69 Å². The lowest BCUT2D eigenvalue weighted by Gasteiger charge is -2.31. The smallest absolute Gasteiger partial charge is 0.227 e. The maximum absolute atomic E-state index is 12.8. The molecular formula is C25H23ClN2O2. The molecule has 1 fully saturated rings. The Labute approximate surface area is 180 Å². The minimum absolute atomic E-state index is 0.0397. The number of likely N-dealkylation sites (tertiary alicyclic amines) is 1. The lowest BCUT2D eigenvalue weighted by atomic mass is 9.95. The topological polar surface area (TPSA) is 45.5 Å². The normalized spacial score (nSPS) is 15.6. The van der Waals surface area contributed by atoms with Gasteiger partial charge in [-0.25, -0.2) is 0 Å². The third kappa shape index (κ3) is 3.93. The first-order valence-electron chi connectivity index (χ1n) is 10.3. The average Bonchev–Trinajstić information content (AvgIpc) is 3.13. The number of furan rings is 1. The van der Waals surface area contributed by atoms with Crippen molar-refractivity contribution >= 4 is 45.1 Å². The van der Waals surface area contributed by atoms with Crippen LogP contribution in [0.15, 0.2) is 71.1 Å². The summed E-state index contributed by atoms with van der Waals surface area (Å²) >= 11 is 5.96. The fourth-order valence-electron chi connectivity index (χ4n) is 4.25. The Morgan fingerprint density at radius 3 is 2.50 bits per heavy atom. The molecular weight excluding hydrogens is 396 g/mol. The van der Waals surface area contributed by atoms with Crippen molar-refractivity contribution in [1.29, 1.82) is 0 Å². The molecule has 4 nitrogen and oxygen atoms in total. The minimum atomic E-state index is 0.0397. The second-order valence-electron chi connectivity index (χ2n) is 7.98. The van der Waals surface area contributed by atoms with Gasteiger partial charge >= 0.3 is 0 Å². The maximum atomic E-state index is 12.8. The number of carbonyl (C=O) groups is 1. The van der Waals surface area contributed by atoms with E-state index in [1.807, 2.05) is 48.5 Å². The second kappa shape index (κ2) is 8.13. The number of nitrogens with one attached hydrogen (secondary N) is 1. The van der Waals surface area contributed by atoms with E-state index in [1.54, 1.807) is 0 Å². The highest BCUT2D eigenvalue weighted by Gasteiger charge is 2.25. The Hall–Kier alpha value is -2.82. The van der Waals surface area contributed by atoms with Crippen LogP contribution in [-0.4, -0.2) is 23.9 Å². The highest BCUT2D eigenvalue weighted by atomic mass is 35.5. The van der Waals surface area contributed by atoms with Gasteiger partial charge in [0.15, 0.2) is 0 Å². The van der Waals surface area contributed by atoms with Gasteiger partial charge in [0.25, 0.3) is 0 Å². The predicted octanol–water partition coefficient (Wildman–Crippen LogP) is 6.09. The van der Waals surface area contributed by atoms with Gasteiger partial charge in [0.1, 0.15) is 11.2 Å². The molecule has 1 amide bonds. The average molecular weight is 419 g/mol. The quantitative estimate of drug-likeness (QED) is 0.436. The fourth-order valence-corrected chi connectivity index (χ4v) is 4.38. The third-order valence-corrected chi connectivity index (χ3v) is 6.18. The Balaban J connectivity index is 1.21. The lowest BCUT2D eigenvalue weighted by Crippen LogP contribution is -2.37.